The molecule has 0 radical (unpaired) electrons. The Hall–Kier alpha value is -1.93. The van der Waals surface area contributed by atoms with Crippen molar-refractivity contribution in [3.8, 4) is 0 Å². The zero-order chi connectivity index (χ0) is 15.6. The molecule has 2 rings (SSSR count). The van der Waals surface area contributed by atoms with Gasteiger partial charge in [-0.3, -0.25) is 15.0 Å². The zero-order valence-electron chi connectivity index (χ0n) is 11.8. The molecule has 1 saturated carbocycles. The van der Waals surface area contributed by atoms with Gasteiger partial charge in [0.05, 0.1) is 4.90 Å². The molecule has 1 aromatic rings. The molecule has 1 aliphatic rings. The molecule has 0 heterocycles. The first-order chi connectivity index (χ1) is 9.79. The minimum Gasteiger partial charge on any atom is -0.345 e. The first kappa shape index (κ1) is 15.5. The second-order valence-electron chi connectivity index (χ2n) is 5.08. The van der Waals surface area contributed by atoms with E-state index in [1.54, 1.807) is 26.0 Å². The summed E-state index contributed by atoms with van der Waals surface area (Å²) >= 11 is 0. The number of hydrazine groups is 1. The Morgan fingerprint density at radius 1 is 1.14 bits per heavy atom. The summed E-state index contributed by atoms with van der Waals surface area (Å²) in [7, 11) is -3.92. The third kappa shape index (κ3) is 4.02. The minimum absolute atomic E-state index is 0.0267. The van der Waals surface area contributed by atoms with Gasteiger partial charge in [0.1, 0.15) is 0 Å². The predicted molar refractivity (Wildman–Crippen MR) is 75.5 cm³/mol. The van der Waals surface area contributed by atoms with Crippen molar-refractivity contribution in [2.75, 3.05) is 0 Å². The number of rotatable bonds is 4. The number of aryl methyl sites for hydroxylation is 2. The van der Waals surface area contributed by atoms with Crippen LogP contribution >= 0.6 is 0 Å². The molecule has 21 heavy (non-hydrogen) atoms. The van der Waals surface area contributed by atoms with Gasteiger partial charge in [0.25, 0.3) is 10.0 Å². The van der Waals surface area contributed by atoms with Gasteiger partial charge in [-0.1, -0.05) is 12.1 Å². The fraction of sp³-hybridized carbons (Fsp3) is 0.385. The average Bonchev–Trinajstić information content (AvgIpc) is 3.22. The number of benzene rings is 1. The maximum atomic E-state index is 12.1. The van der Waals surface area contributed by atoms with E-state index in [1.165, 1.54) is 6.07 Å². The van der Waals surface area contributed by atoms with Crippen molar-refractivity contribution in [1.82, 2.24) is 15.6 Å². The Morgan fingerprint density at radius 2 is 1.81 bits per heavy atom. The van der Waals surface area contributed by atoms with Crippen molar-refractivity contribution >= 4 is 21.8 Å². The van der Waals surface area contributed by atoms with Crippen LogP contribution in [-0.2, 0) is 19.6 Å². The fourth-order valence-corrected chi connectivity index (χ4v) is 2.87. The molecule has 0 spiro atoms. The highest BCUT2D eigenvalue weighted by Crippen LogP contribution is 2.18. The summed E-state index contributed by atoms with van der Waals surface area (Å²) in [6, 6.07) is 4.98. The summed E-state index contributed by atoms with van der Waals surface area (Å²) in [5, 5.41) is 2.46. The topological polar surface area (TPSA) is 104 Å². The first-order valence-electron chi connectivity index (χ1n) is 6.49. The highest BCUT2D eigenvalue weighted by Gasteiger charge is 2.27. The van der Waals surface area contributed by atoms with Crippen LogP contribution < -0.4 is 15.6 Å². The number of carbonyl (C=O) groups excluding carboxylic acids is 2. The molecule has 0 saturated heterocycles. The van der Waals surface area contributed by atoms with Crippen LogP contribution in [0.3, 0.4) is 0 Å². The van der Waals surface area contributed by atoms with Crippen LogP contribution in [0.4, 0.5) is 0 Å². The van der Waals surface area contributed by atoms with Gasteiger partial charge < -0.3 is 5.32 Å². The summed E-state index contributed by atoms with van der Waals surface area (Å²) in [5.74, 6) is -1.88. The van der Waals surface area contributed by atoms with E-state index in [1.807, 2.05) is 10.3 Å². The highest BCUT2D eigenvalue weighted by atomic mass is 32.2. The van der Waals surface area contributed by atoms with E-state index in [4.69, 9.17) is 0 Å². The van der Waals surface area contributed by atoms with Crippen LogP contribution in [0.15, 0.2) is 23.1 Å². The van der Waals surface area contributed by atoms with E-state index in [-0.39, 0.29) is 10.9 Å². The molecular formula is C13H17N3O4S. The molecule has 1 aliphatic carbocycles. The Labute approximate surface area is 123 Å². The largest absolute Gasteiger partial charge is 0.345 e. The zero-order valence-corrected chi connectivity index (χ0v) is 12.6. The van der Waals surface area contributed by atoms with Crippen LogP contribution in [0.25, 0.3) is 0 Å². The lowest BCUT2D eigenvalue weighted by molar-refractivity contribution is -0.139. The SMILES string of the molecule is Cc1ccc(C)c(S(=O)(=O)NNC(=O)C(=O)NC2CC2)c1. The quantitative estimate of drug-likeness (QED) is 0.533. The van der Waals surface area contributed by atoms with E-state index in [0.717, 1.165) is 18.4 Å². The minimum atomic E-state index is -3.92. The Morgan fingerprint density at radius 3 is 2.43 bits per heavy atom. The van der Waals surface area contributed by atoms with Gasteiger partial charge in [0, 0.05) is 6.04 Å². The third-order valence-electron chi connectivity index (χ3n) is 3.05. The van der Waals surface area contributed by atoms with Crippen LogP contribution in [0, 0.1) is 13.8 Å². The fourth-order valence-electron chi connectivity index (χ4n) is 1.70. The van der Waals surface area contributed by atoms with Gasteiger partial charge >= 0.3 is 11.8 Å². The number of carbonyl (C=O) groups is 2. The molecule has 7 nitrogen and oxygen atoms in total. The smallest absolute Gasteiger partial charge is 0.324 e. The maximum Gasteiger partial charge on any atom is 0.324 e. The Balaban J connectivity index is 2.02. The van der Waals surface area contributed by atoms with Crippen molar-refractivity contribution in [3.05, 3.63) is 29.3 Å². The van der Waals surface area contributed by atoms with Crippen LogP contribution in [-0.4, -0.2) is 26.3 Å². The molecule has 0 aliphatic heterocycles. The number of amides is 2. The van der Waals surface area contributed by atoms with E-state index < -0.39 is 21.8 Å². The summed E-state index contributed by atoms with van der Waals surface area (Å²) in [4.78, 5) is 24.9. The molecule has 2 amide bonds. The van der Waals surface area contributed by atoms with Gasteiger partial charge in [-0.25, -0.2) is 8.42 Å². The van der Waals surface area contributed by atoms with Gasteiger partial charge in [-0.15, -0.1) is 4.83 Å². The average molecular weight is 311 g/mol. The summed E-state index contributed by atoms with van der Waals surface area (Å²) in [6.07, 6.45) is 1.68. The van der Waals surface area contributed by atoms with Gasteiger partial charge in [-0.05, 0) is 43.9 Å². The molecule has 114 valence electrons. The van der Waals surface area contributed by atoms with Crippen LogP contribution in [0.2, 0.25) is 0 Å². The number of nitrogens with one attached hydrogen (secondary N) is 3. The number of hydrogen-bond acceptors (Lipinski definition) is 4. The Bertz CT molecular complexity index is 681. The maximum absolute atomic E-state index is 12.1. The molecule has 0 aromatic heterocycles. The lowest BCUT2D eigenvalue weighted by Crippen LogP contribution is -2.48. The summed E-state index contributed by atoms with van der Waals surface area (Å²) in [5.41, 5.74) is 3.23. The molecule has 8 heteroatoms. The Kier molecular flexibility index (Phi) is 4.29. The van der Waals surface area contributed by atoms with Crippen molar-refractivity contribution in [2.45, 2.75) is 37.6 Å². The monoisotopic (exact) mass is 311 g/mol. The first-order valence-corrected chi connectivity index (χ1v) is 7.98. The van der Waals surface area contributed by atoms with Crippen LogP contribution in [0.5, 0.6) is 0 Å². The highest BCUT2D eigenvalue weighted by molar-refractivity contribution is 7.89. The molecule has 0 bridgehead atoms. The number of sulfonamides is 1. The summed E-state index contributed by atoms with van der Waals surface area (Å²) < 4.78 is 24.2. The van der Waals surface area contributed by atoms with Crippen molar-refractivity contribution in [3.63, 3.8) is 0 Å². The van der Waals surface area contributed by atoms with Gasteiger partial charge in [0.2, 0.25) is 0 Å². The summed E-state index contributed by atoms with van der Waals surface area (Å²) in [6.45, 7) is 3.41. The lowest BCUT2D eigenvalue weighted by atomic mass is 10.2. The molecule has 0 atom stereocenters. The van der Waals surface area contributed by atoms with E-state index in [0.29, 0.717) is 5.56 Å². The van der Waals surface area contributed by atoms with Gasteiger partial charge in [0.15, 0.2) is 0 Å². The molecule has 3 N–H and O–H groups in total. The molecule has 1 aromatic carbocycles. The van der Waals surface area contributed by atoms with Crippen LogP contribution in [0.1, 0.15) is 24.0 Å². The van der Waals surface area contributed by atoms with E-state index >= 15 is 0 Å². The second kappa shape index (κ2) is 5.82. The number of hydrogen-bond donors (Lipinski definition) is 3. The van der Waals surface area contributed by atoms with Gasteiger partial charge in [-0.2, -0.15) is 0 Å². The predicted octanol–water partition coefficient (Wildman–Crippen LogP) is -0.108. The third-order valence-corrected chi connectivity index (χ3v) is 4.44. The standard InChI is InChI=1S/C13H17N3O4S/c1-8-3-4-9(2)11(7-8)21(19,20)16-15-13(18)12(17)14-10-5-6-10/h3-4,7,10,16H,5-6H2,1-2H3,(H,14,17)(H,15,18). The molecular weight excluding hydrogens is 294 g/mol. The van der Waals surface area contributed by atoms with Crippen molar-refractivity contribution < 1.29 is 18.0 Å². The van der Waals surface area contributed by atoms with E-state index in [9.17, 15) is 18.0 Å². The van der Waals surface area contributed by atoms with E-state index in [2.05, 4.69) is 5.32 Å². The lowest BCUT2D eigenvalue weighted by Gasteiger charge is -2.11. The molecule has 0 unspecified atom stereocenters. The molecule has 1 fully saturated rings. The normalized spacial score (nSPS) is 14.6. The second-order valence-corrected chi connectivity index (χ2v) is 6.73. The van der Waals surface area contributed by atoms with Crippen molar-refractivity contribution in [2.24, 2.45) is 0 Å². The van der Waals surface area contributed by atoms with Crippen molar-refractivity contribution in [1.29, 1.82) is 0 Å².